The lowest BCUT2D eigenvalue weighted by Gasteiger charge is -2.36. The van der Waals surface area contributed by atoms with Gasteiger partial charge in [0.2, 0.25) is 0 Å². The highest BCUT2D eigenvalue weighted by molar-refractivity contribution is 6.18. The Morgan fingerprint density at radius 3 is 2.56 bits per heavy atom. The smallest absolute Gasteiger partial charge is 0.334 e. The third kappa shape index (κ3) is 2.84. The van der Waals surface area contributed by atoms with Crippen molar-refractivity contribution in [1.82, 2.24) is 0 Å². The predicted octanol–water partition coefficient (Wildman–Crippen LogP) is 0.470. The molecule has 27 heavy (non-hydrogen) atoms. The highest BCUT2D eigenvalue weighted by Crippen LogP contribution is 2.55. The molecule has 0 radical (unpaired) electrons. The van der Waals surface area contributed by atoms with Crippen molar-refractivity contribution in [1.29, 1.82) is 0 Å². The van der Waals surface area contributed by atoms with Crippen molar-refractivity contribution >= 4 is 23.5 Å². The van der Waals surface area contributed by atoms with Crippen LogP contribution in [-0.4, -0.2) is 63.2 Å². The number of carbonyl (C=O) groups is 2. The fourth-order valence-corrected chi connectivity index (χ4v) is 4.92. The molecule has 148 valence electrons. The molecule has 0 unspecified atom stereocenters. The van der Waals surface area contributed by atoms with Crippen LogP contribution in [0.4, 0.5) is 0 Å². The van der Waals surface area contributed by atoms with E-state index in [0.29, 0.717) is 5.57 Å². The summed E-state index contributed by atoms with van der Waals surface area (Å²) < 4.78 is 11.0. The number of esters is 2. The first-order chi connectivity index (χ1) is 12.5. The van der Waals surface area contributed by atoms with E-state index in [-0.39, 0.29) is 23.4 Å². The SMILES string of the molecule is C=C(C)C(=O)O[C@H]1CC(=C)[C@@H]2[C@H](O)[C@H](O)[C@](O)(CCl)[C@@H]2[C@@H]2OC(=O)C(=C)[C@@H]21. The number of carbonyl (C=O) groups excluding carboxylic acids is 2. The van der Waals surface area contributed by atoms with Gasteiger partial charge in [-0.3, -0.25) is 0 Å². The molecule has 0 spiro atoms. The maximum atomic E-state index is 12.2. The number of fused-ring (bicyclic) bond motifs is 3. The molecule has 0 aromatic heterocycles. The van der Waals surface area contributed by atoms with Crippen molar-refractivity contribution in [2.24, 2.45) is 17.8 Å². The number of hydrogen-bond acceptors (Lipinski definition) is 7. The number of aliphatic hydroxyl groups is 3. The van der Waals surface area contributed by atoms with Crippen LogP contribution in [0, 0.1) is 17.8 Å². The summed E-state index contributed by atoms with van der Waals surface area (Å²) in [6.45, 7) is 12.8. The zero-order valence-electron chi connectivity index (χ0n) is 14.9. The summed E-state index contributed by atoms with van der Waals surface area (Å²) in [6.07, 6.45) is -4.59. The Balaban J connectivity index is 2.09. The number of ether oxygens (including phenoxy) is 2. The molecule has 1 aliphatic heterocycles. The van der Waals surface area contributed by atoms with Gasteiger partial charge in [0.05, 0.1) is 17.9 Å². The first-order valence-electron chi connectivity index (χ1n) is 8.63. The maximum absolute atomic E-state index is 12.2. The van der Waals surface area contributed by atoms with E-state index in [4.69, 9.17) is 21.1 Å². The van der Waals surface area contributed by atoms with Crippen molar-refractivity contribution in [3.05, 3.63) is 36.5 Å². The van der Waals surface area contributed by atoms with Gasteiger partial charge in [0.1, 0.15) is 23.9 Å². The van der Waals surface area contributed by atoms with Gasteiger partial charge in [0.15, 0.2) is 0 Å². The van der Waals surface area contributed by atoms with Crippen LogP contribution < -0.4 is 0 Å². The minimum atomic E-state index is -1.91. The Hall–Kier alpha value is -1.67. The first-order valence-corrected chi connectivity index (χ1v) is 9.16. The third-order valence-electron chi connectivity index (χ3n) is 5.94. The molecule has 8 heteroatoms. The molecule has 0 aromatic rings. The van der Waals surface area contributed by atoms with E-state index in [1.54, 1.807) is 0 Å². The van der Waals surface area contributed by atoms with E-state index in [2.05, 4.69) is 19.7 Å². The molecule has 8 atom stereocenters. The molecule has 0 bridgehead atoms. The largest absolute Gasteiger partial charge is 0.458 e. The average molecular weight is 399 g/mol. The molecule has 3 aliphatic rings. The summed E-state index contributed by atoms with van der Waals surface area (Å²) >= 11 is 5.94. The molecule has 2 aliphatic carbocycles. The van der Waals surface area contributed by atoms with E-state index < -0.39 is 59.7 Å². The van der Waals surface area contributed by atoms with E-state index in [0.717, 1.165) is 0 Å². The molecule has 2 saturated carbocycles. The topological polar surface area (TPSA) is 113 Å². The highest BCUT2D eigenvalue weighted by Gasteiger charge is 2.67. The van der Waals surface area contributed by atoms with Gasteiger partial charge in [0, 0.05) is 29.4 Å². The molecule has 3 N–H and O–H groups in total. The zero-order chi connectivity index (χ0) is 20.3. The van der Waals surface area contributed by atoms with Crippen molar-refractivity contribution in [2.45, 2.75) is 43.4 Å². The Bertz CT molecular complexity index is 732. The fourth-order valence-electron chi connectivity index (χ4n) is 4.58. The molecule has 3 fully saturated rings. The summed E-state index contributed by atoms with van der Waals surface area (Å²) in [5, 5.41) is 32.0. The second kappa shape index (κ2) is 6.74. The van der Waals surface area contributed by atoms with Crippen LogP contribution in [0.25, 0.3) is 0 Å². The number of hydrogen-bond donors (Lipinski definition) is 3. The van der Waals surface area contributed by atoms with Crippen LogP contribution in [0.15, 0.2) is 36.5 Å². The van der Waals surface area contributed by atoms with Gasteiger partial charge in [-0.1, -0.05) is 25.3 Å². The van der Waals surface area contributed by atoms with Gasteiger partial charge < -0.3 is 24.8 Å². The molecule has 7 nitrogen and oxygen atoms in total. The van der Waals surface area contributed by atoms with Crippen LogP contribution in [-0.2, 0) is 19.1 Å². The second-order valence-electron chi connectivity index (χ2n) is 7.62. The van der Waals surface area contributed by atoms with Crippen LogP contribution in [0.5, 0.6) is 0 Å². The van der Waals surface area contributed by atoms with E-state index in [1.165, 1.54) is 6.92 Å². The third-order valence-corrected chi connectivity index (χ3v) is 6.37. The monoisotopic (exact) mass is 398 g/mol. The van der Waals surface area contributed by atoms with Crippen molar-refractivity contribution in [2.75, 3.05) is 5.88 Å². The Morgan fingerprint density at radius 2 is 2.00 bits per heavy atom. The van der Waals surface area contributed by atoms with Gasteiger partial charge in [-0.05, 0) is 6.92 Å². The van der Waals surface area contributed by atoms with E-state index in [9.17, 15) is 24.9 Å². The standard InChI is InChI=1S/C19H23ClO7/c1-7(2)17(23)26-10-5-8(3)11-13(15-12(10)9(4)18(24)27-15)19(25,6-20)16(22)14(11)21/h10-16,21-22,25H,1,3-6H2,2H3/t10-,11-,12+,13-,14-,15+,16-,19-/m0/s1. The molecule has 1 heterocycles. The lowest BCUT2D eigenvalue weighted by molar-refractivity contribution is -0.155. The summed E-state index contributed by atoms with van der Waals surface area (Å²) in [5.41, 5.74) is -1.16. The molecule has 0 aromatic carbocycles. The minimum Gasteiger partial charge on any atom is -0.458 e. The highest BCUT2D eigenvalue weighted by atomic mass is 35.5. The van der Waals surface area contributed by atoms with Crippen LogP contribution in [0.3, 0.4) is 0 Å². The van der Waals surface area contributed by atoms with Crippen LogP contribution in [0.1, 0.15) is 13.3 Å². The molecule has 1 saturated heterocycles. The van der Waals surface area contributed by atoms with Gasteiger partial charge in [-0.15, -0.1) is 11.6 Å². The number of aliphatic hydroxyl groups excluding tert-OH is 2. The number of alkyl halides is 1. The predicted molar refractivity (Wildman–Crippen MR) is 95.6 cm³/mol. The Kier molecular flexibility index (Phi) is 5.01. The first kappa shape index (κ1) is 20.1. The van der Waals surface area contributed by atoms with Gasteiger partial charge in [0.25, 0.3) is 0 Å². The Labute approximate surface area is 161 Å². The van der Waals surface area contributed by atoms with Crippen molar-refractivity contribution < 1.29 is 34.4 Å². The Morgan fingerprint density at radius 1 is 1.37 bits per heavy atom. The van der Waals surface area contributed by atoms with Gasteiger partial charge in [-0.2, -0.15) is 0 Å². The lowest BCUT2D eigenvalue weighted by atomic mass is 9.76. The molecular weight excluding hydrogens is 376 g/mol. The second-order valence-corrected chi connectivity index (χ2v) is 7.89. The van der Waals surface area contributed by atoms with Crippen LogP contribution in [0.2, 0.25) is 0 Å². The fraction of sp³-hybridized carbons (Fsp3) is 0.579. The summed E-state index contributed by atoms with van der Waals surface area (Å²) in [6, 6.07) is 0. The molecule has 0 amide bonds. The quantitative estimate of drug-likeness (QED) is 0.274. The van der Waals surface area contributed by atoms with E-state index >= 15 is 0 Å². The summed E-state index contributed by atoms with van der Waals surface area (Å²) in [5.74, 6) is -4.18. The molecule has 3 rings (SSSR count). The van der Waals surface area contributed by atoms with Crippen molar-refractivity contribution in [3.63, 3.8) is 0 Å². The van der Waals surface area contributed by atoms with Gasteiger partial charge in [-0.25, -0.2) is 9.59 Å². The maximum Gasteiger partial charge on any atom is 0.334 e. The summed E-state index contributed by atoms with van der Waals surface area (Å²) in [7, 11) is 0. The number of rotatable bonds is 3. The zero-order valence-corrected chi connectivity index (χ0v) is 15.7. The normalized spacial score (nSPS) is 43.6. The summed E-state index contributed by atoms with van der Waals surface area (Å²) in [4.78, 5) is 24.3. The number of halogens is 1. The lowest BCUT2D eigenvalue weighted by Crippen LogP contribution is -2.52. The minimum absolute atomic E-state index is 0.0979. The van der Waals surface area contributed by atoms with Gasteiger partial charge >= 0.3 is 11.9 Å². The van der Waals surface area contributed by atoms with Crippen LogP contribution >= 0.6 is 11.6 Å². The average Bonchev–Trinajstić information content (AvgIpc) is 2.95. The van der Waals surface area contributed by atoms with Crippen molar-refractivity contribution in [3.8, 4) is 0 Å². The van der Waals surface area contributed by atoms with E-state index in [1.807, 2.05) is 0 Å². The molecular formula is C19H23ClO7.